The van der Waals surface area contributed by atoms with Crippen LogP contribution in [0.25, 0.3) is 5.69 Å². The molecule has 10 nitrogen and oxygen atoms in total. The van der Waals surface area contributed by atoms with E-state index < -0.39 is 27.2 Å². The van der Waals surface area contributed by atoms with Crippen LogP contribution in [0.2, 0.25) is 0 Å². The third kappa shape index (κ3) is 6.04. The lowest BCUT2D eigenvalue weighted by atomic mass is 10.2. The van der Waals surface area contributed by atoms with Crippen molar-refractivity contribution in [3.8, 4) is 11.4 Å². The average molecular weight is 473 g/mol. The van der Waals surface area contributed by atoms with Crippen LogP contribution in [0.3, 0.4) is 0 Å². The summed E-state index contributed by atoms with van der Waals surface area (Å²) in [5.74, 6) is -1.23. The molecular weight excluding hydrogens is 448 g/mol. The number of amides is 1. The van der Waals surface area contributed by atoms with Crippen molar-refractivity contribution in [3.63, 3.8) is 0 Å². The van der Waals surface area contributed by atoms with Gasteiger partial charge < -0.3 is 15.2 Å². The number of rotatable bonds is 9. The van der Waals surface area contributed by atoms with Gasteiger partial charge in [0.25, 0.3) is 11.5 Å². The summed E-state index contributed by atoms with van der Waals surface area (Å²) in [6.45, 7) is 2.31. The van der Waals surface area contributed by atoms with Crippen LogP contribution >= 0.6 is 0 Å². The number of hydrogen-bond donors (Lipinski definition) is 3. The number of sulfonamides is 1. The molecule has 0 radical (unpaired) electrons. The molecule has 3 N–H and O–H groups in total. The molecule has 1 amide bonds. The fourth-order valence-electron chi connectivity index (χ4n) is 2.97. The minimum Gasteiger partial charge on any atom is -0.505 e. The number of hydrogen-bond acceptors (Lipinski definition) is 7. The average Bonchev–Trinajstić information content (AvgIpc) is 2.78. The van der Waals surface area contributed by atoms with E-state index in [4.69, 9.17) is 4.74 Å². The molecule has 0 saturated heterocycles. The molecule has 1 aromatic heterocycles. The number of aromatic hydroxyl groups is 1. The Balaban J connectivity index is 1.72. The Hall–Kier alpha value is -3.54. The highest BCUT2D eigenvalue weighted by Crippen LogP contribution is 2.14. The molecule has 2 aromatic carbocycles. The van der Waals surface area contributed by atoms with Crippen LogP contribution in [0.15, 0.2) is 64.3 Å². The van der Waals surface area contributed by atoms with Crippen molar-refractivity contribution in [2.75, 3.05) is 20.3 Å². The molecule has 0 spiro atoms. The van der Waals surface area contributed by atoms with E-state index >= 15 is 0 Å². The van der Waals surface area contributed by atoms with Crippen molar-refractivity contribution >= 4 is 15.9 Å². The summed E-state index contributed by atoms with van der Waals surface area (Å²) in [6.07, 6.45) is 0. The van der Waals surface area contributed by atoms with Gasteiger partial charge >= 0.3 is 0 Å². The van der Waals surface area contributed by atoms with Gasteiger partial charge in [0.15, 0.2) is 11.4 Å². The van der Waals surface area contributed by atoms with Gasteiger partial charge in [0.05, 0.1) is 17.2 Å². The minimum atomic E-state index is -3.66. The summed E-state index contributed by atoms with van der Waals surface area (Å²) in [6, 6.07) is 13.9. The molecule has 33 heavy (non-hydrogen) atoms. The zero-order valence-electron chi connectivity index (χ0n) is 18.1. The molecule has 174 valence electrons. The van der Waals surface area contributed by atoms with E-state index in [-0.39, 0.29) is 30.3 Å². The number of ether oxygens (including phenoxy) is 1. The number of benzene rings is 2. The van der Waals surface area contributed by atoms with Crippen LogP contribution in [0.5, 0.6) is 5.75 Å². The standard InChI is InChI=1S/C22H24N4O6S/c1-15-4-3-5-17(12-15)26-20(28)13-19(27)21(25-26)22(29)23-14-16-6-8-18(9-7-16)33(30,31)24-10-11-32-2/h3-9,12-13,24,27H,10-11,14H2,1-2H3,(H,23,29). The van der Waals surface area contributed by atoms with Gasteiger partial charge in [-0.25, -0.2) is 13.1 Å². The monoisotopic (exact) mass is 472 g/mol. The number of nitrogens with zero attached hydrogens (tertiary/aromatic N) is 2. The normalized spacial score (nSPS) is 11.3. The lowest BCUT2D eigenvalue weighted by Crippen LogP contribution is -2.29. The number of carbonyl (C=O) groups is 1. The molecule has 0 fully saturated rings. The predicted octanol–water partition coefficient (Wildman–Crippen LogP) is 1.10. The van der Waals surface area contributed by atoms with E-state index in [2.05, 4.69) is 15.1 Å². The third-order valence-corrected chi connectivity index (χ3v) is 6.13. The smallest absolute Gasteiger partial charge is 0.275 e. The zero-order chi connectivity index (χ0) is 24.0. The number of methoxy groups -OCH3 is 1. The highest BCUT2D eigenvalue weighted by molar-refractivity contribution is 7.89. The third-order valence-electron chi connectivity index (χ3n) is 4.66. The van der Waals surface area contributed by atoms with Crippen LogP contribution in [-0.2, 0) is 21.3 Å². The summed E-state index contributed by atoms with van der Waals surface area (Å²) in [7, 11) is -2.18. The molecule has 0 bridgehead atoms. The fraction of sp³-hybridized carbons (Fsp3) is 0.227. The first-order valence-electron chi connectivity index (χ1n) is 9.97. The van der Waals surface area contributed by atoms with Gasteiger partial charge in [-0.3, -0.25) is 9.59 Å². The van der Waals surface area contributed by atoms with Crippen molar-refractivity contribution in [2.45, 2.75) is 18.4 Å². The van der Waals surface area contributed by atoms with Gasteiger partial charge in [0.2, 0.25) is 10.0 Å². The molecule has 3 rings (SSSR count). The maximum Gasteiger partial charge on any atom is 0.275 e. The SMILES string of the molecule is COCCNS(=O)(=O)c1ccc(CNC(=O)c2nn(-c3cccc(C)c3)c(=O)cc2O)cc1. The first-order chi connectivity index (χ1) is 15.7. The largest absolute Gasteiger partial charge is 0.505 e. The molecule has 0 aliphatic heterocycles. The first-order valence-corrected chi connectivity index (χ1v) is 11.5. The van der Waals surface area contributed by atoms with Gasteiger partial charge in [0.1, 0.15) is 0 Å². The Morgan fingerprint density at radius 2 is 1.88 bits per heavy atom. The van der Waals surface area contributed by atoms with Crippen molar-refractivity contribution in [2.24, 2.45) is 0 Å². The van der Waals surface area contributed by atoms with Crippen molar-refractivity contribution in [3.05, 3.63) is 81.8 Å². The summed E-state index contributed by atoms with van der Waals surface area (Å²) in [5.41, 5.74) is 1.11. The van der Waals surface area contributed by atoms with E-state index in [1.165, 1.54) is 19.2 Å². The molecule has 0 aliphatic rings. The van der Waals surface area contributed by atoms with E-state index in [0.29, 0.717) is 11.3 Å². The molecular formula is C22H24N4O6S. The van der Waals surface area contributed by atoms with Crippen LogP contribution in [0, 0.1) is 6.92 Å². The van der Waals surface area contributed by atoms with Crippen molar-refractivity contribution in [1.29, 1.82) is 0 Å². The Labute approximate surface area is 190 Å². The number of nitrogens with one attached hydrogen (secondary N) is 2. The first kappa shape index (κ1) is 24.1. The molecule has 0 aliphatic carbocycles. The van der Waals surface area contributed by atoms with Crippen LogP contribution in [0.1, 0.15) is 21.6 Å². The second-order valence-corrected chi connectivity index (χ2v) is 8.95. The Bertz CT molecular complexity index is 1300. The number of carbonyl (C=O) groups excluding carboxylic acids is 1. The summed E-state index contributed by atoms with van der Waals surface area (Å²) >= 11 is 0. The van der Waals surface area contributed by atoms with Gasteiger partial charge in [-0.15, -0.1) is 0 Å². The molecule has 0 unspecified atom stereocenters. The molecule has 0 atom stereocenters. The Morgan fingerprint density at radius 3 is 2.55 bits per heavy atom. The second-order valence-electron chi connectivity index (χ2n) is 7.18. The quantitative estimate of drug-likeness (QED) is 0.396. The fourth-order valence-corrected chi connectivity index (χ4v) is 3.98. The maximum absolute atomic E-state index is 12.6. The highest BCUT2D eigenvalue weighted by atomic mass is 32.2. The highest BCUT2D eigenvalue weighted by Gasteiger charge is 2.17. The van der Waals surface area contributed by atoms with E-state index in [1.807, 2.05) is 13.0 Å². The van der Waals surface area contributed by atoms with Gasteiger partial charge in [-0.1, -0.05) is 24.3 Å². The number of aromatic nitrogens is 2. The lowest BCUT2D eigenvalue weighted by molar-refractivity contribution is 0.0941. The van der Waals surface area contributed by atoms with E-state index in [0.717, 1.165) is 16.3 Å². The summed E-state index contributed by atoms with van der Waals surface area (Å²) in [5, 5.41) is 16.7. The minimum absolute atomic E-state index is 0.0565. The van der Waals surface area contributed by atoms with E-state index in [1.54, 1.807) is 30.3 Å². The lowest BCUT2D eigenvalue weighted by Gasteiger charge is -2.10. The molecule has 1 heterocycles. The molecule has 11 heteroatoms. The van der Waals surface area contributed by atoms with Gasteiger partial charge in [-0.2, -0.15) is 9.78 Å². The van der Waals surface area contributed by atoms with Crippen molar-refractivity contribution in [1.82, 2.24) is 19.8 Å². The summed E-state index contributed by atoms with van der Waals surface area (Å²) < 4.78 is 32.7. The topological polar surface area (TPSA) is 140 Å². The number of aryl methyl sites for hydroxylation is 1. The van der Waals surface area contributed by atoms with Gasteiger partial charge in [0, 0.05) is 26.3 Å². The second kappa shape index (κ2) is 10.4. The van der Waals surface area contributed by atoms with Crippen LogP contribution < -0.4 is 15.6 Å². The Morgan fingerprint density at radius 1 is 1.15 bits per heavy atom. The zero-order valence-corrected chi connectivity index (χ0v) is 18.9. The van der Waals surface area contributed by atoms with E-state index in [9.17, 15) is 23.1 Å². The van der Waals surface area contributed by atoms with Gasteiger partial charge in [-0.05, 0) is 42.3 Å². The predicted molar refractivity (Wildman–Crippen MR) is 121 cm³/mol. The molecule has 0 saturated carbocycles. The maximum atomic E-state index is 12.6. The van der Waals surface area contributed by atoms with Crippen LogP contribution in [-0.4, -0.2) is 49.5 Å². The van der Waals surface area contributed by atoms with Crippen LogP contribution in [0.4, 0.5) is 0 Å². The Kier molecular flexibility index (Phi) is 7.59. The summed E-state index contributed by atoms with van der Waals surface area (Å²) in [4.78, 5) is 24.9. The molecule has 3 aromatic rings. The van der Waals surface area contributed by atoms with Crippen molar-refractivity contribution < 1.29 is 23.1 Å².